The van der Waals surface area contributed by atoms with Crippen LogP contribution in [0.1, 0.15) is 41.9 Å². The molecule has 3 aromatic rings. The third kappa shape index (κ3) is 4.02. The molecule has 2 fully saturated rings. The van der Waals surface area contributed by atoms with Crippen molar-refractivity contribution in [3.05, 3.63) is 65.5 Å². The van der Waals surface area contributed by atoms with E-state index in [2.05, 4.69) is 25.3 Å². The van der Waals surface area contributed by atoms with Gasteiger partial charge >= 0.3 is 0 Å². The summed E-state index contributed by atoms with van der Waals surface area (Å²) in [5.41, 5.74) is 5.49. The second-order valence-electron chi connectivity index (χ2n) is 9.11. The summed E-state index contributed by atoms with van der Waals surface area (Å²) in [6.45, 7) is 7.12. The first-order chi connectivity index (χ1) is 15.0. The SMILES string of the molecule is Cc1nn(-c2ccccc2)c(C)c1CC(=O)NC1CC12CCN(Cc1cnc[nH]1)CC2. The predicted molar refractivity (Wildman–Crippen MR) is 119 cm³/mol. The van der Waals surface area contributed by atoms with Crippen LogP contribution in [0, 0.1) is 19.3 Å². The number of hydrogen-bond acceptors (Lipinski definition) is 4. The molecule has 5 rings (SSSR count). The lowest BCUT2D eigenvalue weighted by molar-refractivity contribution is -0.120. The van der Waals surface area contributed by atoms with Crippen molar-refractivity contribution in [2.45, 2.75) is 52.1 Å². The molecule has 7 nitrogen and oxygen atoms in total. The molecule has 1 aliphatic heterocycles. The fourth-order valence-electron chi connectivity index (χ4n) is 5.03. The molecule has 1 aliphatic carbocycles. The molecule has 1 amide bonds. The van der Waals surface area contributed by atoms with Gasteiger partial charge in [-0.1, -0.05) is 18.2 Å². The maximum Gasteiger partial charge on any atom is 0.224 e. The Bertz CT molecular complexity index is 1050. The highest BCUT2D eigenvalue weighted by Crippen LogP contribution is 2.54. The van der Waals surface area contributed by atoms with E-state index < -0.39 is 0 Å². The molecule has 3 heterocycles. The number of aromatic nitrogens is 4. The van der Waals surface area contributed by atoms with Gasteiger partial charge in [-0.15, -0.1) is 0 Å². The van der Waals surface area contributed by atoms with Crippen molar-refractivity contribution in [3.63, 3.8) is 0 Å². The van der Waals surface area contributed by atoms with Gasteiger partial charge in [-0.05, 0) is 63.7 Å². The van der Waals surface area contributed by atoms with Gasteiger partial charge in [0.1, 0.15) is 0 Å². The quantitative estimate of drug-likeness (QED) is 0.645. The average Bonchev–Trinajstić information content (AvgIpc) is 3.08. The van der Waals surface area contributed by atoms with E-state index in [0.29, 0.717) is 17.9 Å². The maximum absolute atomic E-state index is 12.8. The van der Waals surface area contributed by atoms with Gasteiger partial charge in [0.05, 0.1) is 24.1 Å². The zero-order chi connectivity index (χ0) is 21.4. The lowest BCUT2D eigenvalue weighted by Gasteiger charge is -2.32. The minimum absolute atomic E-state index is 0.112. The van der Waals surface area contributed by atoms with E-state index >= 15 is 0 Å². The van der Waals surface area contributed by atoms with Crippen molar-refractivity contribution >= 4 is 5.91 Å². The number of hydrogen-bond donors (Lipinski definition) is 2. The molecule has 1 atom stereocenters. The van der Waals surface area contributed by atoms with Crippen molar-refractivity contribution in [2.24, 2.45) is 5.41 Å². The number of aromatic amines is 1. The summed E-state index contributed by atoms with van der Waals surface area (Å²) in [6.07, 6.45) is 7.43. The fraction of sp³-hybridized carbons (Fsp3) is 0.458. The van der Waals surface area contributed by atoms with Crippen LogP contribution >= 0.6 is 0 Å². The monoisotopic (exact) mass is 418 g/mol. The van der Waals surface area contributed by atoms with Crippen LogP contribution < -0.4 is 5.32 Å². The van der Waals surface area contributed by atoms with Crippen LogP contribution in [0.2, 0.25) is 0 Å². The molecule has 2 aliphatic rings. The molecular weight excluding hydrogens is 388 g/mol. The van der Waals surface area contributed by atoms with Gasteiger partial charge in [-0.25, -0.2) is 9.67 Å². The highest BCUT2D eigenvalue weighted by molar-refractivity contribution is 5.80. The summed E-state index contributed by atoms with van der Waals surface area (Å²) >= 11 is 0. The van der Waals surface area contributed by atoms with E-state index in [4.69, 9.17) is 0 Å². The molecule has 31 heavy (non-hydrogen) atoms. The Balaban J connectivity index is 1.16. The summed E-state index contributed by atoms with van der Waals surface area (Å²) in [6, 6.07) is 10.4. The molecule has 0 radical (unpaired) electrons. The molecule has 1 spiro atoms. The average molecular weight is 419 g/mol. The highest BCUT2D eigenvalue weighted by atomic mass is 16.1. The number of para-hydroxylation sites is 1. The van der Waals surface area contributed by atoms with E-state index in [1.54, 1.807) is 6.33 Å². The number of imidazole rings is 1. The fourth-order valence-corrected chi connectivity index (χ4v) is 5.03. The number of nitrogens with one attached hydrogen (secondary N) is 2. The lowest BCUT2D eigenvalue weighted by atomic mass is 9.92. The Labute approximate surface area is 182 Å². The summed E-state index contributed by atoms with van der Waals surface area (Å²) in [7, 11) is 0. The van der Waals surface area contributed by atoms with E-state index in [1.165, 1.54) is 5.69 Å². The van der Waals surface area contributed by atoms with Crippen LogP contribution in [0.3, 0.4) is 0 Å². The van der Waals surface area contributed by atoms with E-state index in [1.807, 2.05) is 55.1 Å². The van der Waals surface area contributed by atoms with Crippen LogP contribution in [0.15, 0.2) is 42.9 Å². The predicted octanol–water partition coefficient (Wildman–Crippen LogP) is 2.93. The lowest BCUT2D eigenvalue weighted by Crippen LogP contribution is -2.38. The summed E-state index contributed by atoms with van der Waals surface area (Å²) < 4.78 is 1.94. The Morgan fingerprint density at radius 3 is 2.71 bits per heavy atom. The summed E-state index contributed by atoms with van der Waals surface area (Å²) in [4.78, 5) is 22.6. The van der Waals surface area contributed by atoms with Gasteiger partial charge < -0.3 is 10.3 Å². The Morgan fingerprint density at radius 1 is 1.23 bits per heavy atom. The number of aryl methyl sites for hydroxylation is 1. The van der Waals surface area contributed by atoms with Gasteiger partial charge in [0, 0.05) is 35.7 Å². The van der Waals surface area contributed by atoms with Crippen molar-refractivity contribution in [3.8, 4) is 5.69 Å². The van der Waals surface area contributed by atoms with Crippen LogP contribution in [0.4, 0.5) is 0 Å². The Hall–Kier alpha value is -2.93. The van der Waals surface area contributed by atoms with E-state index in [0.717, 1.165) is 61.5 Å². The molecule has 1 aromatic carbocycles. The molecule has 2 aromatic heterocycles. The first-order valence-electron chi connectivity index (χ1n) is 11.1. The minimum Gasteiger partial charge on any atom is -0.352 e. The highest BCUT2D eigenvalue weighted by Gasteiger charge is 2.55. The second kappa shape index (κ2) is 7.96. The zero-order valence-corrected chi connectivity index (χ0v) is 18.3. The number of H-pyrrole nitrogens is 1. The number of nitrogens with zero attached hydrogens (tertiary/aromatic N) is 4. The summed E-state index contributed by atoms with van der Waals surface area (Å²) in [5.74, 6) is 0.112. The Morgan fingerprint density at radius 2 is 2.00 bits per heavy atom. The topological polar surface area (TPSA) is 78.8 Å². The molecule has 1 saturated carbocycles. The Kier molecular flexibility index (Phi) is 5.14. The van der Waals surface area contributed by atoms with Gasteiger partial charge in [0.2, 0.25) is 5.91 Å². The van der Waals surface area contributed by atoms with Crippen LogP contribution in [-0.4, -0.2) is 49.7 Å². The first kappa shape index (κ1) is 20.0. The van der Waals surface area contributed by atoms with Gasteiger partial charge in [-0.3, -0.25) is 9.69 Å². The van der Waals surface area contributed by atoms with Crippen LogP contribution in [0.25, 0.3) is 5.69 Å². The molecule has 0 bridgehead atoms. The van der Waals surface area contributed by atoms with Gasteiger partial charge in [0.15, 0.2) is 0 Å². The van der Waals surface area contributed by atoms with Gasteiger partial charge in [-0.2, -0.15) is 5.10 Å². The van der Waals surface area contributed by atoms with E-state index in [-0.39, 0.29) is 5.91 Å². The van der Waals surface area contributed by atoms with Crippen molar-refractivity contribution in [2.75, 3.05) is 13.1 Å². The van der Waals surface area contributed by atoms with Crippen LogP contribution in [-0.2, 0) is 17.8 Å². The number of amides is 1. The third-order valence-corrected chi connectivity index (χ3v) is 7.10. The van der Waals surface area contributed by atoms with Crippen molar-refractivity contribution in [1.29, 1.82) is 0 Å². The molecular formula is C24H30N6O. The molecule has 1 saturated heterocycles. The van der Waals surface area contributed by atoms with Gasteiger partial charge in [0.25, 0.3) is 0 Å². The third-order valence-electron chi connectivity index (χ3n) is 7.10. The molecule has 162 valence electrons. The number of carbonyl (C=O) groups excluding carboxylic acids is 1. The van der Waals surface area contributed by atoms with E-state index in [9.17, 15) is 4.79 Å². The smallest absolute Gasteiger partial charge is 0.224 e. The standard InChI is InChI=1S/C24H30N6O/c1-17-21(18(2)30(28-17)20-6-4-3-5-7-20)12-23(31)27-22-13-24(22)8-10-29(11-9-24)15-19-14-25-16-26-19/h3-7,14,16,22H,8-13,15H2,1-2H3,(H,25,26)(H,27,31). The van der Waals surface area contributed by atoms with Crippen molar-refractivity contribution in [1.82, 2.24) is 30.0 Å². The van der Waals surface area contributed by atoms with Crippen LogP contribution in [0.5, 0.6) is 0 Å². The number of benzene rings is 1. The van der Waals surface area contributed by atoms with Crippen molar-refractivity contribution < 1.29 is 4.79 Å². The minimum atomic E-state index is 0.112. The maximum atomic E-state index is 12.8. The first-order valence-corrected chi connectivity index (χ1v) is 11.1. The number of piperidine rings is 1. The zero-order valence-electron chi connectivity index (χ0n) is 18.3. The number of likely N-dealkylation sites (tertiary alicyclic amines) is 1. The largest absolute Gasteiger partial charge is 0.352 e. The normalized spacial score (nSPS) is 20.1. The number of carbonyl (C=O) groups is 1. The molecule has 7 heteroatoms. The molecule has 2 N–H and O–H groups in total. The summed E-state index contributed by atoms with van der Waals surface area (Å²) in [5, 5.41) is 7.99. The second-order valence-corrected chi connectivity index (χ2v) is 9.11. The number of rotatable bonds is 6. The molecule has 1 unspecified atom stereocenters.